The summed E-state index contributed by atoms with van der Waals surface area (Å²) in [5.41, 5.74) is 2.55. The van der Waals surface area contributed by atoms with Gasteiger partial charge in [-0.2, -0.15) is 5.26 Å². The number of aryl methyl sites for hydroxylation is 2. The van der Waals surface area contributed by atoms with Gasteiger partial charge in [0.05, 0.1) is 16.3 Å². The van der Waals surface area contributed by atoms with Gasteiger partial charge in [0.15, 0.2) is 0 Å². The molecule has 0 saturated carbocycles. The zero-order valence-corrected chi connectivity index (χ0v) is 9.77. The van der Waals surface area contributed by atoms with E-state index in [0.29, 0.717) is 10.8 Å². The molecule has 0 spiro atoms. The van der Waals surface area contributed by atoms with Gasteiger partial charge in [-0.3, -0.25) is 0 Å². The SMILES string of the molecule is Cc1cc(SC(C)C)nc(C)c1C#N. The highest BCUT2D eigenvalue weighted by molar-refractivity contribution is 7.99. The van der Waals surface area contributed by atoms with Crippen LogP contribution in [-0.2, 0) is 0 Å². The number of nitriles is 1. The lowest BCUT2D eigenvalue weighted by Gasteiger charge is -2.07. The molecule has 0 aromatic carbocycles. The van der Waals surface area contributed by atoms with Crippen molar-refractivity contribution < 1.29 is 0 Å². The molecule has 0 fully saturated rings. The van der Waals surface area contributed by atoms with Crippen LogP contribution < -0.4 is 0 Å². The Kier molecular flexibility index (Phi) is 3.54. The van der Waals surface area contributed by atoms with Crippen molar-refractivity contribution in [1.82, 2.24) is 4.98 Å². The van der Waals surface area contributed by atoms with Crippen molar-refractivity contribution in [3.63, 3.8) is 0 Å². The minimum absolute atomic E-state index is 0.522. The third-order valence-corrected chi connectivity index (χ3v) is 2.76. The van der Waals surface area contributed by atoms with E-state index >= 15 is 0 Å². The molecule has 1 rings (SSSR count). The molecule has 0 amide bonds. The van der Waals surface area contributed by atoms with Crippen molar-refractivity contribution in [2.75, 3.05) is 0 Å². The van der Waals surface area contributed by atoms with Crippen LogP contribution in [-0.4, -0.2) is 10.2 Å². The molecule has 74 valence electrons. The lowest BCUT2D eigenvalue weighted by atomic mass is 10.1. The second kappa shape index (κ2) is 4.47. The Hall–Kier alpha value is -1.01. The number of nitrogens with zero attached hydrogens (tertiary/aromatic N) is 2. The maximum atomic E-state index is 8.88. The average molecular weight is 206 g/mol. The van der Waals surface area contributed by atoms with Crippen LogP contribution in [0.5, 0.6) is 0 Å². The molecule has 0 aliphatic heterocycles. The van der Waals surface area contributed by atoms with E-state index in [2.05, 4.69) is 24.9 Å². The zero-order chi connectivity index (χ0) is 10.7. The lowest BCUT2D eigenvalue weighted by molar-refractivity contribution is 1.02. The van der Waals surface area contributed by atoms with E-state index in [0.717, 1.165) is 16.3 Å². The molecule has 0 aliphatic rings. The van der Waals surface area contributed by atoms with E-state index in [-0.39, 0.29) is 0 Å². The quantitative estimate of drug-likeness (QED) is 0.698. The normalized spacial score (nSPS) is 10.3. The van der Waals surface area contributed by atoms with E-state index < -0.39 is 0 Å². The second-order valence-electron chi connectivity index (χ2n) is 3.52. The maximum absolute atomic E-state index is 8.88. The molecule has 1 aromatic heterocycles. The van der Waals surface area contributed by atoms with Crippen LogP contribution in [0.3, 0.4) is 0 Å². The molecular weight excluding hydrogens is 192 g/mol. The van der Waals surface area contributed by atoms with Crippen LogP contribution >= 0.6 is 11.8 Å². The first-order valence-corrected chi connectivity index (χ1v) is 5.47. The standard InChI is InChI=1S/C11H14N2S/c1-7(2)14-11-5-8(3)10(6-12)9(4)13-11/h5,7H,1-4H3. The van der Waals surface area contributed by atoms with Crippen LogP contribution in [0.4, 0.5) is 0 Å². The first-order valence-electron chi connectivity index (χ1n) is 4.59. The fourth-order valence-corrected chi connectivity index (χ4v) is 2.18. The summed E-state index contributed by atoms with van der Waals surface area (Å²) < 4.78 is 0. The van der Waals surface area contributed by atoms with Crippen molar-refractivity contribution in [3.8, 4) is 6.07 Å². The number of thioether (sulfide) groups is 1. The molecule has 0 radical (unpaired) electrons. The van der Waals surface area contributed by atoms with Gasteiger partial charge < -0.3 is 0 Å². The van der Waals surface area contributed by atoms with Crippen LogP contribution in [0, 0.1) is 25.2 Å². The molecule has 0 atom stereocenters. The minimum atomic E-state index is 0.522. The van der Waals surface area contributed by atoms with Crippen LogP contribution in [0.15, 0.2) is 11.1 Å². The van der Waals surface area contributed by atoms with Crippen molar-refractivity contribution >= 4 is 11.8 Å². The predicted molar refractivity (Wildman–Crippen MR) is 59.4 cm³/mol. The molecular formula is C11H14N2S. The Morgan fingerprint density at radius 2 is 2.07 bits per heavy atom. The van der Waals surface area contributed by atoms with Gasteiger partial charge in [0.1, 0.15) is 6.07 Å². The third kappa shape index (κ3) is 2.49. The monoisotopic (exact) mass is 206 g/mol. The number of hydrogen-bond donors (Lipinski definition) is 0. The number of hydrogen-bond acceptors (Lipinski definition) is 3. The Labute approximate surface area is 89.4 Å². The molecule has 1 aromatic rings. The van der Waals surface area contributed by atoms with Crippen molar-refractivity contribution in [2.45, 2.75) is 38.0 Å². The largest absolute Gasteiger partial charge is 0.245 e. The van der Waals surface area contributed by atoms with Gasteiger partial charge in [-0.1, -0.05) is 13.8 Å². The molecule has 0 aliphatic carbocycles. The summed E-state index contributed by atoms with van der Waals surface area (Å²) in [6, 6.07) is 4.15. The molecule has 0 N–H and O–H groups in total. The summed E-state index contributed by atoms with van der Waals surface area (Å²) in [6.07, 6.45) is 0. The highest BCUT2D eigenvalue weighted by Crippen LogP contribution is 2.23. The first-order chi connectivity index (χ1) is 6.54. The summed E-state index contributed by atoms with van der Waals surface area (Å²) in [7, 11) is 0. The fourth-order valence-electron chi connectivity index (χ4n) is 1.27. The van der Waals surface area contributed by atoms with Gasteiger partial charge in [0.2, 0.25) is 0 Å². The van der Waals surface area contributed by atoms with Crippen molar-refractivity contribution in [1.29, 1.82) is 5.26 Å². The van der Waals surface area contributed by atoms with Crippen LogP contribution in [0.25, 0.3) is 0 Å². The fraction of sp³-hybridized carbons (Fsp3) is 0.455. The van der Waals surface area contributed by atoms with Crippen molar-refractivity contribution in [3.05, 3.63) is 22.9 Å². The molecule has 0 unspecified atom stereocenters. The van der Waals surface area contributed by atoms with Gasteiger partial charge in [-0.05, 0) is 25.5 Å². The first kappa shape index (κ1) is 11.1. The number of aromatic nitrogens is 1. The minimum Gasteiger partial charge on any atom is -0.245 e. The van der Waals surface area contributed by atoms with Gasteiger partial charge >= 0.3 is 0 Å². The Morgan fingerprint density at radius 1 is 1.43 bits per heavy atom. The molecule has 14 heavy (non-hydrogen) atoms. The number of pyridine rings is 1. The number of rotatable bonds is 2. The van der Waals surface area contributed by atoms with E-state index in [1.807, 2.05) is 19.9 Å². The lowest BCUT2D eigenvalue weighted by Crippen LogP contribution is -1.96. The van der Waals surface area contributed by atoms with Gasteiger partial charge in [-0.15, -0.1) is 11.8 Å². The third-order valence-electron chi connectivity index (χ3n) is 1.84. The van der Waals surface area contributed by atoms with E-state index in [1.165, 1.54) is 0 Å². The van der Waals surface area contributed by atoms with Crippen LogP contribution in [0.2, 0.25) is 0 Å². The second-order valence-corrected chi connectivity index (χ2v) is 5.11. The van der Waals surface area contributed by atoms with E-state index in [9.17, 15) is 0 Å². The highest BCUT2D eigenvalue weighted by atomic mass is 32.2. The highest BCUT2D eigenvalue weighted by Gasteiger charge is 2.07. The van der Waals surface area contributed by atoms with Crippen LogP contribution in [0.1, 0.15) is 30.7 Å². The van der Waals surface area contributed by atoms with Gasteiger partial charge in [0.25, 0.3) is 0 Å². The summed E-state index contributed by atoms with van der Waals surface area (Å²) in [5, 5.41) is 10.4. The molecule has 3 heteroatoms. The molecule has 0 saturated heterocycles. The predicted octanol–water partition coefficient (Wildman–Crippen LogP) is 3.07. The Balaban J connectivity index is 3.09. The zero-order valence-electron chi connectivity index (χ0n) is 8.96. The van der Waals surface area contributed by atoms with E-state index in [4.69, 9.17) is 5.26 Å². The topological polar surface area (TPSA) is 36.7 Å². The van der Waals surface area contributed by atoms with Gasteiger partial charge in [0, 0.05) is 5.25 Å². The summed E-state index contributed by atoms with van der Waals surface area (Å²) in [4.78, 5) is 4.39. The molecule has 1 heterocycles. The Morgan fingerprint density at radius 3 is 2.50 bits per heavy atom. The summed E-state index contributed by atoms with van der Waals surface area (Å²) in [6.45, 7) is 8.11. The smallest absolute Gasteiger partial charge is 0.101 e. The average Bonchev–Trinajstić information content (AvgIpc) is 2.01. The summed E-state index contributed by atoms with van der Waals surface area (Å²) in [5.74, 6) is 0. The Bertz CT molecular complexity index is 354. The molecule has 2 nitrogen and oxygen atoms in total. The molecule has 0 bridgehead atoms. The van der Waals surface area contributed by atoms with Crippen molar-refractivity contribution in [2.24, 2.45) is 0 Å². The van der Waals surface area contributed by atoms with Gasteiger partial charge in [-0.25, -0.2) is 4.98 Å². The maximum Gasteiger partial charge on any atom is 0.101 e. The summed E-state index contributed by atoms with van der Waals surface area (Å²) >= 11 is 1.73. The van der Waals surface area contributed by atoms with E-state index in [1.54, 1.807) is 11.8 Å².